The molecule has 7 aromatic carbocycles. The second-order valence-corrected chi connectivity index (χ2v) is 14.0. The fourth-order valence-corrected chi connectivity index (χ4v) is 9.08. The van der Waals surface area contributed by atoms with Gasteiger partial charge in [-0.2, -0.15) is 0 Å². The molecule has 0 spiro atoms. The predicted molar refractivity (Wildman–Crippen MR) is 217 cm³/mol. The molecular weight excluding hydrogens is 635 g/mol. The van der Waals surface area contributed by atoms with Crippen molar-refractivity contribution in [1.82, 2.24) is 13.7 Å². The molecule has 0 saturated heterocycles. The predicted octanol–water partition coefficient (Wildman–Crippen LogP) is 12.7. The molecule has 0 saturated carbocycles. The maximum absolute atomic E-state index is 6.46. The van der Waals surface area contributed by atoms with Crippen LogP contribution in [-0.4, -0.2) is 13.7 Å². The first-order valence-electron chi connectivity index (χ1n) is 18.1. The average Bonchev–Trinajstić information content (AvgIpc) is 3.93. The first-order valence-corrected chi connectivity index (χ1v) is 18.1. The molecule has 0 amide bonds. The van der Waals surface area contributed by atoms with Crippen molar-refractivity contribution in [2.24, 2.45) is 0 Å². The van der Waals surface area contributed by atoms with Gasteiger partial charge in [-0.05, 0) is 91.7 Å². The van der Waals surface area contributed by atoms with E-state index in [9.17, 15) is 0 Å². The quantitative estimate of drug-likeness (QED) is 0.185. The van der Waals surface area contributed by atoms with Gasteiger partial charge in [-0.1, -0.05) is 84.9 Å². The van der Waals surface area contributed by atoms with Gasteiger partial charge in [0.25, 0.3) is 0 Å². The molecule has 0 fully saturated rings. The molecule has 0 unspecified atom stereocenters. The third-order valence-corrected chi connectivity index (χ3v) is 11.3. The van der Waals surface area contributed by atoms with Crippen LogP contribution in [0, 0.1) is 0 Å². The first-order chi connectivity index (χ1) is 25.8. The van der Waals surface area contributed by atoms with Gasteiger partial charge < -0.3 is 18.1 Å². The van der Waals surface area contributed by atoms with Crippen molar-refractivity contribution in [3.63, 3.8) is 0 Å². The van der Waals surface area contributed by atoms with E-state index < -0.39 is 0 Å². The highest BCUT2D eigenvalue weighted by Crippen LogP contribution is 2.40. The summed E-state index contributed by atoms with van der Waals surface area (Å²) in [6, 6.07) is 55.2. The Bertz CT molecular complexity index is 3250. The van der Waals surface area contributed by atoms with Crippen LogP contribution in [0.5, 0.6) is 0 Å². The Morgan fingerprint density at radius 1 is 0.385 bits per heavy atom. The topological polar surface area (TPSA) is 27.9 Å². The Labute approximate surface area is 298 Å². The molecule has 244 valence electrons. The number of aromatic nitrogens is 3. The summed E-state index contributed by atoms with van der Waals surface area (Å²) in [6.45, 7) is 0. The van der Waals surface area contributed by atoms with E-state index in [2.05, 4.69) is 178 Å². The molecule has 0 N–H and O–H groups in total. The molecule has 4 heteroatoms. The van der Waals surface area contributed by atoms with E-state index in [4.69, 9.17) is 4.42 Å². The lowest BCUT2D eigenvalue weighted by atomic mass is 10.0. The highest BCUT2D eigenvalue weighted by molar-refractivity contribution is 6.13. The molecule has 4 heterocycles. The summed E-state index contributed by atoms with van der Waals surface area (Å²) >= 11 is 0. The van der Waals surface area contributed by atoms with Crippen LogP contribution in [0.15, 0.2) is 162 Å². The highest BCUT2D eigenvalue weighted by Gasteiger charge is 2.21. The van der Waals surface area contributed by atoms with Crippen molar-refractivity contribution < 1.29 is 4.42 Å². The summed E-state index contributed by atoms with van der Waals surface area (Å²) in [6.07, 6.45) is 6.72. The Balaban J connectivity index is 1.07. The molecule has 0 bridgehead atoms. The maximum atomic E-state index is 6.46. The van der Waals surface area contributed by atoms with Crippen LogP contribution in [0.25, 0.3) is 99.6 Å². The largest absolute Gasteiger partial charge is 0.456 e. The van der Waals surface area contributed by atoms with E-state index in [-0.39, 0.29) is 0 Å². The molecule has 0 radical (unpaired) electrons. The molecule has 12 rings (SSSR count). The molecule has 0 atom stereocenters. The lowest BCUT2D eigenvalue weighted by Gasteiger charge is -2.14. The van der Waals surface area contributed by atoms with Gasteiger partial charge in [0.05, 0.1) is 27.6 Å². The van der Waals surface area contributed by atoms with Crippen molar-refractivity contribution in [2.45, 2.75) is 12.8 Å². The van der Waals surface area contributed by atoms with Crippen LogP contribution in [-0.2, 0) is 6.42 Å². The Morgan fingerprint density at radius 2 is 0.827 bits per heavy atom. The van der Waals surface area contributed by atoms with Crippen molar-refractivity contribution in [3.8, 4) is 17.1 Å². The second kappa shape index (κ2) is 10.4. The van der Waals surface area contributed by atoms with Gasteiger partial charge in [-0.15, -0.1) is 0 Å². The minimum Gasteiger partial charge on any atom is -0.456 e. The van der Waals surface area contributed by atoms with E-state index in [1.165, 1.54) is 71.5 Å². The number of para-hydroxylation sites is 4. The Kier molecular flexibility index (Phi) is 5.58. The third kappa shape index (κ3) is 3.76. The minimum atomic E-state index is 0.888. The van der Waals surface area contributed by atoms with Gasteiger partial charge in [0.2, 0.25) is 0 Å². The maximum Gasteiger partial charge on any atom is 0.135 e. The fraction of sp³-hybridized carbons (Fsp3) is 0.0417. The van der Waals surface area contributed by atoms with Crippen LogP contribution in [0.2, 0.25) is 0 Å². The van der Waals surface area contributed by atoms with Crippen molar-refractivity contribution in [3.05, 3.63) is 169 Å². The van der Waals surface area contributed by atoms with E-state index in [1.54, 1.807) is 0 Å². The summed E-state index contributed by atoms with van der Waals surface area (Å²) in [5.74, 6) is 0. The smallest absolute Gasteiger partial charge is 0.135 e. The van der Waals surface area contributed by atoms with Crippen molar-refractivity contribution in [1.29, 1.82) is 0 Å². The number of hydrogen-bond donors (Lipinski definition) is 0. The number of benzene rings is 7. The molecule has 0 aliphatic heterocycles. The van der Waals surface area contributed by atoms with E-state index in [1.807, 2.05) is 0 Å². The lowest BCUT2D eigenvalue weighted by molar-refractivity contribution is 0.669. The molecule has 1 aliphatic rings. The van der Waals surface area contributed by atoms with E-state index >= 15 is 0 Å². The van der Waals surface area contributed by atoms with Gasteiger partial charge in [-0.3, -0.25) is 0 Å². The number of nitrogens with zero attached hydrogens (tertiary/aromatic N) is 3. The van der Waals surface area contributed by atoms with E-state index in [0.717, 1.165) is 46.2 Å². The van der Waals surface area contributed by atoms with Crippen LogP contribution < -0.4 is 0 Å². The summed E-state index contributed by atoms with van der Waals surface area (Å²) in [4.78, 5) is 0. The molecular formula is C48H31N3O. The second-order valence-electron chi connectivity index (χ2n) is 14.0. The Morgan fingerprint density at radius 3 is 1.42 bits per heavy atom. The summed E-state index contributed by atoms with van der Waals surface area (Å²) in [5, 5.41) is 8.54. The molecule has 11 aromatic rings. The lowest BCUT2D eigenvalue weighted by Crippen LogP contribution is -2.03. The number of hydrogen-bond acceptors (Lipinski definition) is 1. The van der Waals surface area contributed by atoms with Gasteiger partial charge in [0.15, 0.2) is 0 Å². The molecule has 4 aromatic heterocycles. The minimum absolute atomic E-state index is 0.888. The average molecular weight is 666 g/mol. The van der Waals surface area contributed by atoms with Crippen molar-refractivity contribution in [2.75, 3.05) is 0 Å². The monoisotopic (exact) mass is 665 g/mol. The zero-order chi connectivity index (χ0) is 33.9. The van der Waals surface area contributed by atoms with Crippen LogP contribution in [0.4, 0.5) is 0 Å². The third-order valence-electron chi connectivity index (χ3n) is 11.3. The highest BCUT2D eigenvalue weighted by atomic mass is 16.3. The Hall–Kier alpha value is -6.78. The first kappa shape index (κ1) is 28.0. The van der Waals surface area contributed by atoms with Gasteiger partial charge >= 0.3 is 0 Å². The fourth-order valence-electron chi connectivity index (χ4n) is 9.08. The number of fused-ring (bicyclic) bond motifs is 12. The summed E-state index contributed by atoms with van der Waals surface area (Å²) in [7, 11) is 0. The SMILES string of the molecule is C1=Cc2c(n(-c3ccc4c(c3)c3ccccc3n4-c3ccc4oc5ccc(-n6c7ccccc7c7ccccc76)cc5c4c3)c3ccccc23)CC1. The van der Waals surface area contributed by atoms with Crippen LogP contribution in [0.3, 0.4) is 0 Å². The van der Waals surface area contributed by atoms with Crippen LogP contribution >= 0.6 is 0 Å². The number of allylic oxidation sites excluding steroid dienone is 1. The summed E-state index contributed by atoms with van der Waals surface area (Å²) in [5.41, 5.74) is 14.0. The van der Waals surface area contributed by atoms with Crippen molar-refractivity contribution >= 4 is 82.5 Å². The number of furan rings is 1. The van der Waals surface area contributed by atoms with Gasteiger partial charge in [0, 0.05) is 66.0 Å². The summed E-state index contributed by atoms with van der Waals surface area (Å²) < 4.78 is 13.7. The zero-order valence-corrected chi connectivity index (χ0v) is 28.3. The molecule has 1 aliphatic carbocycles. The van der Waals surface area contributed by atoms with E-state index in [0.29, 0.717) is 0 Å². The molecule has 52 heavy (non-hydrogen) atoms. The zero-order valence-electron chi connectivity index (χ0n) is 28.3. The standard InChI is InChI=1S/C48H31N3O/c1-6-16-41-33(11-1)34-12-2-7-17-42(34)49(41)30-21-24-46-38(27-30)37-15-5-10-20-45(37)51(46)32-23-26-48-40(29-32)39-28-31(22-25-47(39)52-48)50-43-18-8-3-13-35(43)36-14-4-9-19-44(36)50/h1-6,8-16,18-29H,7,17H2. The van der Waals surface area contributed by atoms with Gasteiger partial charge in [0.1, 0.15) is 11.2 Å². The van der Waals surface area contributed by atoms with Crippen LogP contribution in [0.1, 0.15) is 17.7 Å². The number of rotatable bonds is 3. The molecule has 4 nitrogen and oxygen atoms in total. The normalized spacial score (nSPS) is 13.2. The van der Waals surface area contributed by atoms with Gasteiger partial charge in [-0.25, -0.2) is 0 Å².